The zero-order valence-corrected chi connectivity index (χ0v) is 7.45. The van der Waals surface area contributed by atoms with Crippen LogP contribution in [0.15, 0.2) is 4.99 Å². The first-order chi connectivity index (χ1) is 5.77. The second-order valence-electron chi connectivity index (χ2n) is 3.79. The van der Waals surface area contributed by atoms with Gasteiger partial charge in [-0.15, -0.1) is 0 Å². The van der Waals surface area contributed by atoms with Gasteiger partial charge < -0.3 is 10.4 Å². The molecule has 12 heavy (non-hydrogen) atoms. The maximum absolute atomic E-state index is 9.31. The van der Waals surface area contributed by atoms with Crippen LogP contribution in [-0.2, 0) is 0 Å². The van der Waals surface area contributed by atoms with Crippen molar-refractivity contribution in [1.29, 1.82) is 0 Å². The minimum Gasteiger partial charge on any atom is -0.386 e. The summed E-state index contributed by atoms with van der Waals surface area (Å²) in [5.74, 6) is 0.798. The fraction of sp³-hybridized carbons (Fsp3) is 0.889. The Hall–Kier alpha value is -0.570. The van der Waals surface area contributed by atoms with Crippen molar-refractivity contribution in [2.45, 2.75) is 50.8 Å². The first-order valence-electron chi connectivity index (χ1n) is 4.79. The maximum Gasteiger partial charge on any atom is 0.126 e. The monoisotopic (exact) mass is 168 g/mol. The van der Waals surface area contributed by atoms with Crippen molar-refractivity contribution < 1.29 is 5.11 Å². The molecule has 0 aromatic heterocycles. The Morgan fingerprint density at radius 1 is 1.50 bits per heavy atom. The van der Waals surface area contributed by atoms with E-state index in [0.29, 0.717) is 12.1 Å². The van der Waals surface area contributed by atoms with Crippen molar-refractivity contribution in [1.82, 2.24) is 5.32 Å². The Labute approximate surface area is 72.9 Å². The van der Waals surface area contributed by atoms with Crippen molar-refractivity contribution in [3.8, 4) is 0 Å². The van der Waals surface area contributed by atoms with Gasteiger partial charge in [0.25, 0.3) is 0 Å². The second-order valence-corrected chi connectivity index (χ2v) is 3.79. The maximum atomic E-state index is 9.31. The van der Waals surface area contributed by atoms with Crippen LogP contribution in [0.4, 0.5) is 0 Å². The minimum absolute atomic E-state index is 0.421. The van der Waals surface area contributed by atoms with Gasteiger partial charge in [-0.3, -0.25) is 4.99 Å². The zero-order valence-electron chi connectivity index (χ0n) is 7.45. The summed E-state index contributed by atoms with van der Waals surface area (Å²) < 4.78 is 0. The number of aliphatic imine (C=N–C) groups is 1. The number of amidine groups is 1. The Bertz CT molecular complexity index is 201. The fourth-order valence-corrected chi connectivity index (χ4v) is 2.07. The number of hydrogen-bond donors (Lipinski definition) is 2. The highest BCUT2D eigenvalue weighted by molar-refractivity contribution is 5.88. The van der Waals surface area contributed by atoms with Crippen molar-refractivity contribution in [3.63, 3.8) is 0 Å². The average molecular weight is 168 g/mol. The first-order valence-corrected chi connectivity index (χ1v) is 4.79. The number of nitrogens with zero attached hydrogens (tertiary/aromatic N) is 1. The van der Waals surface area contributed by atoms with E-state index in [0.717, 1.165) is 5.84 Å². The van der Waals surface area contributed by atoms with Crippen LogP contribution in [0.25, 0.3) is 0 Å². The van der Waals surface area contributed by atoms with Gasteiger partial charge in [-0.05, 0) is 19.8 Å². The quantitative estimate of drug-likeness (QED) is 0.604. The van der Waals surface area contributed by atoms with Crippen LogP contribution in [0.2, 0.25) is 0 Å². The predicted molar refractivity (Wildman–Crippen MR) is 48.3 cm³/mol. The second kappa shape index (κ2) is 3.05. The Morgan fingerprint density at radius 2 is 2.25 bits per heavy atom. The van der Waals surface area contributed by atoms with Gasteiger partial charge in [0.2, 0.25) is 0 Å². The summed E-state index contributed by atoms with van der Waals surface area (Å²) in [6, 6.07) is 0.965. The van der Waals surface area contributed by atoms with Crippen LogP contribution >= 0.6 is 0 Å². The molecule has 0 aromatic rings. The molecule has 1 aliphatic carbocycles. The average Bonchev–Trinajstić information content (AvgIpc) is 2.46. The summed E-state index contributed by atoms with van der Waals surface area (Å²) in [4.78, 5) is 4.47. The minimum atomic E-state index is -0.421. The lowest BCUT2D eigenvalue weighted by molar-refractivity contribution is 0.257. The van der Waals surface area contributed by atoms with Crippen molar-refractivity contribution >= 4 is 5.84 Å². The Kier molecular flexibility index (Phi) is 2.05. The third-order valence-corrected chi connectivity index (χ3v) is 2.76. The highest BCUT2D eigenvalue weighted by atomic mass is 16.3. The number of hydrogen-bond acceptors (Lipinski definition) is 3. The lowest BCUT2D eigenvalue weighted by Crippen LogP contribution is -2.39. The number of fused-ring (bicyclic) bond motifs is 1. The predicted octanol–water partition coefficient (Wildman–Crippen LogP) is 0.680. The first kappa shape index (κ1) is 8.05. The summed E-state index contributed by atoms with van der Waals surface area (Å²) >= 11 is 0. The summed E-state index contributed by atoms with van der Waals surface area (Å²) in [5, 5.41) is 12.6. The molecule has 1 aliphatic heterocycles. The molecular weight excluding hydrogens is 152 g/mol. The standard InChI is InChI=1S/C9H16N2O/c1-6(12)9-10-7-4-2-3-5-8(7)11-9/h6-8,12H,2-5H2,1H3,(H,10,11)/t6-,7-,8+/m1/s1. The van der Waals surface area contributed by atoms with E-state index < -0.39 is 6.10 Å². The molecule has 0 amide bonds. The SMILES string of the molecule is C[C@@H](O)C1=N[C@H]2CCCC[C@H]2N1. The highest BCUT2D eigenvalue weighted by Gasteiger charge is 2.31. The highest BCUT2D eigenvalue weighted by Crippen LogP contribution is 2.24. The van der Waals surface area contributed by atoms with Gasteiger partial charge in [0.15, 0.2) is 0 Å². The van der Waals surface area contributed by atoms with Crippen LogP contribution in [0.3, 0.4) is 0 Å². The summed E-state index contributed by atoms with van der Waals surface area (Å²) in [5.41, 5.74) is 0. The molecule has 0 aromatic carbocycles. The molecule has 1 fully saturated rings. The van der Waals surface area contributed by atoms with Gasteiger partial charge in [0.05, 0.1) is 6.04 Å². The molecular formula is C9H16N2O. The molecule has 0 radical (unpaired) electrons. The van der Waals surface area contributed by atoms with Gasteiger partial charge in [0, 0.05) is 6.04 Å². The van der Waals surface area contributed by atoms with E-state index in [2.05, 4.69) is 10.3 Å². The molecule has 0 bridgehead atoms. The fourth-order valence-electron chi connectivity index (χ4n) is 2.07. The number of rotatable bonds is 1. The molecule has 0 unspecified atom stereocenters. The molecule has 1 heterocycles. The van der Waals surface area contributed by atoms with Gasteiger partial charge in [-0.2, -0.15) is 0 Å². The van der Waals surface area contributed by atoms with E-state index >= 15 is 0 Å². The van der Waals surface area contributed by atoms with Gasteiger partial charge in [-0.25, -0.2) is 0 Å². The smallest absolute Gasteiger partial charge is 0.126 e. The number of nitrogens with one attached hydrogen (secondary N) is 1. The van der Waals surface area contributed by atoms with Crippen molar-refractivity contribution in [2.75, 3.05) is 0 Å². The van der Waals surface area contributed by atoms with Crippen molar-refractivity contribution in [2.24, 2.45) is 4.99 Å². The van der Waals surface area contributed by atoms with Crippen LogP contribution in [0.1, 0.15) is 32.6 Å². The topological polar surface area (TPSA) is 44.6 Å². The zero-order chi connectivity index (χ0) is 8.55. The number of aliphatic hydroxyl groups excluding tert-OH is 1. The van der Waals surface area contributed by atoms with Crippen LogP contribution in [0, 0.1) is 0 Å². The van der Waals surface area contributed by atoms with Crippen LogP contribution < -0.4 is 5.32 Å². The summed E-state index contributed by atoms with van der Waals surface area (Å²) in [6.45, 7) is 1.77. The lowest BCUT2D eigenvalue weighted by Gasteiger charge is -2.23. The van der Waals surface area contributed by atoms with Crippen LogP contribution in [0.5, 0.6) is 0 Å². The third kappa shape index (κ3) is 1.33. The normalized spacial score (nSPS) is 36.7. The molecule has 3 nitrogen and oxygen atoms in total. The van der Waals surface area contributed by atoms with E-state index in [9.17, 15) is 5.11 Å². The molecule has 2 rings (SSSR count). The lowest BCUT2D eigenvalue weighted by atomic mass is 9.92. The molecule has 1 saturated carbocycles. The van der Waals surface area contributed by atoms with Gasteiger partial charge in [-0.1, -0.05) is 12.8 Å². The molecule has 68 valence electrons. The molecule has 3 atom stereocenters. The Morgan fingerprint density at radius 3 is 2.92 bits per heavy atom. The molecule has 2 N–H and O–H groups in total. The summed E-state index contributed by atoms with van der Waals surface area (Å²) in [7, 11) is 0. The third-order valence-electron chi connectivity index (χ3n) is 2.76. The molecule has 0 saturated heterocycles. The number of aliphatic hydroxyl groups is 1. The van der Waals surface area contributed by atoms with Gasteiger partial charge >= 0.3 is 0 Å². The van der Waals surface area contributed by atoms with E-state index in [1.54, 1.807) is 6.92 Å². The van der Waals surface area contributed by atoms with Gasteiger partial charge in [0.1, 0.15) is 11.9 Å². The van der Waals surface area contributed by atoms with Crippen molar-refractivity contribution in [3.05, 3.63) is 0 Å². The molecule has 2 aliphatic rings. The largest absolute Gasteiger partial charge is 0.386 e. The van der Waals surface area contributed by atoms with E-state index in [1.807, 2.05) is 0 Å². The molecule has 0 spiro atoms. The summed E-state index contributed by atoms with van der Waals surface area (Å²) in [6.07, 6.45) is 4.57. The van der Waals surface area contributed by atoms with E-state index in [-0.39, 0.29) is 0 Å². The molecule has 3 heteroatoms. The van der Waals surface area contributed by atoms with E-state index in [4.69, 9.17) is 0 Å². The Balaban J connectivity index is 2.04. The van der Waals surface area contributed by atoms with Crippen LogP contribution in [-0.4, -0.2) is 29.1 Å². The van der Waals surface area contributed by atoms with E-state index in [1.165, 1.54) is 25.7 Å².